The molecule has 6 heteroatoms. The summed E-state index contributed by atoms with van der Waals surface area (Å²) in [4.78, 5) is 4.10. The van der Waals surface area contributed by atoms with E-state index in [0.29, 0.717) is 0 Å². The smallest absolute Gasteiger partial charge is 0.167 e. The van der Waals surface area contributed by atoms with Gasteiger partial charge in [0.25, 0.3) is 0 Å². The first-order valence-corrected chi connectivity index (χ1v) is 7.17. The fourth-order valence-corrected chi connectivity index (χ4v) is 2.78. The Morgan fingerprint density at radius 2 is 2.14 bits per heavy atom. The minimum Gasteiger partial charge on any atom is -0.494 e. The number of aromatic nitrogens is 4. The number of ether oxygens (including phenoxy) is 1. The highest BCUT2D eigenvalue weighted by molar-refractivity contribution is 5.63. The monoisotopic (exact) mass is 287 g/mol. The number of fused-ring (bicyclic) bond motifs is 1. The number of hydrogen-bond donors (Lipinski definition) is 1. The summed E-state index contributed by atoms with van der Waals surface area (Å²) in [5, 5.41) is 12.4. The Labute approximate surface area is 124 Å². The molecule has 0 saturated carbocycles. The topological polar surface area (TPSA) is 64.9 Å². The third kappa shape index (κ3) is 2.40. The van der Waals surface area contributed by atoms with Gasteiger partial charge in [-0.3, -0.25) is 4.98 Å². The van der Waals surface area contributed by atoms with E-state index >= 15 is 0 Å². The molecule has 3 rings (SSSR count). The summed E-state index contributed by atoms with van der Waals surface area (Å²) in [5.74, 6) is 2.56. The van der Waals surface area contributed by atoms with Crippen LogP contribution < -0.4 is 10.1 Å². The zero-order valence-corrected chi connectivity index (χ0v) is 12.9. The third-order valence-corrected chi connectivity index (χ3v) is 3.83. The van der Waals surface area contributed by atoms with Crippen LogP contribution in [0.5, 0.6) is 5.75 Å². The zero-order chi connectivity index (χ0) is 15.0. The molecule has 0 spiro atoms. The van der Waals surface area contributed by atoms with Gasteiger partial charge in [-0.2, -0.15) is 0 Å². The van der Waals surface area contributed by atoms with Crippen molar-refractivity contribution >= 4 is 0 Å². The Bertz CT molecular complexity index is 644. The summed E-state index contributed by atoms with van der Waals surface area (Å²) >= 11 is 0. The number of methoxy groups -OCH3 is 1. The molecule has 0 bridgehead atoms. The molecule has 0 fully saturated rings. The molecule has 1 N–H and O–H groups in total. The lowest BCUT2D eigenvalue weighted by molar-refractivity contribution is 0.233. The predicted octanol–water partition coefficient (Wildman–Crippen LogP) is 2.04. The molecular formula is C15H21N5O. The van der Waals surface area contributed by atoms with Gasteiger partial charge >= 0.3 is 0 Å². The molecule has 6 nitrogen and oxygen atoms in total. The van der Waals surface area contributed by atoms with Crippen LogP contribution in [0, 0.1) is 5.41 Å². The summed E-state index contributed by atoms with van der Waals surface area (Å²) in [6, 6.07) is 2.12. The molecule has 0 saturated heterocycles. The minimum atomic E-state index is 0.0881. The van der Waals surface area contributed by atoms with E-state index in [-0.39, 0.29) is 11.5 Å². The van der Waals surface area contributed by atoms with Crippen molar-refractivity contribution in [1.29, 1.82) is 0 Å². The maximum atomic E-state index is 5.40. The van der Waals surface area contributed by atoms with Crippen molar-refractivity contribution in [2.75, 3.05) is 13.7 Å². The maximum Gasteiger partial charge on any atom is 0.167 e. The SMILES string of the molecule is COc1cnccc1-c1nnc2n1CCNC2C(C)(C)C. The van der Waals surface area contributed by atoms with Crippen molar-refractivity contribution in [3.05, 3.63) is 24.3 Å². The Morgan fingerprint density at radius 1 is 1.33 bits per heavy atom. The van der Waals surface area contributed by atoms with Crippen LogP contribution in [-0.4, -0.2) is 33.4 Å². The standard InChI is InChI=1S/C15H21N5O/c1-15(2,3)12-14-19-18-13(20(14)8-7-17-12)10-5-6-16-9-11(10)21-4/h5-6,9,12,17H,7-8H2,1-4H3. The summed E-state index contributed by atoms with van der Waals surface area (Å²) < 4.78 is 7.58. The van der Waals surface area contributed by atoms with Crippen molar-refractivity contribution in [3.63, 3.8) is 0 Å². The quantitative estimate of drug-likeness (QED) is 0.915. The molecule has 21 heavy (non-hydrogen) atoms. The van der Waals surface area contributed by atoms with Crippen LogP contribution in [0.2, 0.25) is 0 Å². The van der Waals surface area contributed by atoms with Crippen LogP contribution in [0.1, 0.15) is 32.6 Å². The van der Waals surface area contributed by atoms with E-state index in [1.165, 1.54) is 0 Å². The van der Waals surface area contributed by atoms with E-state index in [0.717, 1.165) is 36.1 Å². The van der Waals surface area contributed by atoms with Crippen LogP contribution in [0.3, 0.4) is 0 Å². The van der Waals surface area contributed by atoms with Gasteiger partial charge in [0.05, 0.1) is 24.9 Å². The normalized spacial score (nSPS) is 18.4. The van der Waals surface area contributed by atoms with E-state index in [2.05, 4.69) is 45.8 Å². The molecule has 0 aliphatic carbocycles. The average Bonchev–Trinajstić information content (AvgIpc) is 2.89. The Balaban J connectivity index is 2.10. The Kier molecular flexibility index (Phi) is 3.41. The lowest BCUT2D eigenvalue weighted by Crippen LogP contribution is -2.40. The largest absolute Gasteiger partial charge is 0.494 e. The molecule has 1 aliphatic rings. The van der Waals surface area contributed by atoms with Gasteiger partial charge in [-0.15, -0.1) is 10.2 Å². The molecule has 0 radical (unpaired) electrons. The van der Waals surface area contributed by atoms with E-state index in [9.17, 15) is 0 Å². The molecule has 1 aliphatic heterocycles. The zero-order valence-electron chi connectivity index (χ0n) is 12.9. The first-order valence-electron chi connectivity index (χ1n) is 7.17. The molecule has 2 aromatic rings. The lowest BCUT2D eigenvalue weighted by Gasteiger charge is -2.34. The molecule has 2 aromatic heterocycles. The van der Waals surface area contributed by atoms with Crippen molar-refractivity contribution in [2.24, 2.45) is 5.41 Å². The highest BCUT2D eigenvalue weighted by atomic mass is 16.5. The van der Waals surface area contributed by atoms with Gasteiger partial charge < -0.3 is 14.6 Å². The van der Waals surface area contributed by atoms with E-state index in [4.69, 9.17) is 4.74 Å². The van der Waals surface area contributed by atoms with Crippen LogP contribution in [0.15, 0.2) is 18.5 Å². The van der Waals surface area contributed by atoms with Gasteiger partial charge in [0.1, 0.15) is 5.75 Å². The third-order valence-electron chi connectivity index (χ3n) is 3.83. The maximum absolute atomic E-state index is 5.40. The second-order valence-electron chi connectivity index (χ2n) is 6.36. The fourth-order valence-electron chi connectivity index (χ4n) is 2.78. The number of nitrogens with one attached hydrogen (secondary N) is 1. The fraction of sp³-hybridized carbons (Fsp3) is 0.533. The molecule has 112 valence electrons. The molecule has 3 heterocycles. The number of pyridine rings is 1. The van der Waals surface area contributed by atoms with Gasteiger partial charge in [0, 0.05) is 19.3 Å². The van der Waals surface area contributed by atoms with E-state index in [1.54, 1.807) is 19.5 Å². The number of nitrogens with zero attached hydrogens (tertiary/aromatic N) is 4. The minimum absolute atomic E-state index is 0.0881. The first kappa shape index (κ1) is 14.0. The molecule has 0 aromatic carbocycles. The van der Waals surface area contributed by atoms with Gasteiger partial charge in [-0.25, -0.2) is 0 Å². The second-order valence-corrected chi connectivity index (χ2v) is 6.36. The number of rotatable bonds is 2. The number of hydrogen-bond acceptors (Lipinski definition) is 5. The Morgan fingerprint density at radius 3 is 2.86 bits per heavy atom. The van der Waals surface area contributed by atoms with E-state index in [1.807, 2.05) is 6.07 Å². The molecule has 0 amide bonds. The average molecular weight is 287 g/mol. The lowest BCUT2D eigenvalue weighted by atomic mass is 9.85. The molecular weight excluding hydrogens is 266 g/mol. The summed E-state index contributed by atoms with van der Waals surface area (Å²) in [6.07, 6.45) is 3.46. The Hall–Kier alpha value is -1.95. The van der Waals surface area contributed by atoms with E-state index < -0.39 is 0 Å². The summed E-state index contributed by atoms with van der Waals surface area (Å²) in [5.41, 5.74) is 1.02. The van der Waals surface area contributed by atoms with Gasteiger partial charge in [0.2, 0.25) is 0 Å². The van der Waals surface area contributed by atoms with Gasteiger partial charge in [0.15, 0.2) is 11.6 Å². The second kappa shape index (κ2) is 5.11. The van der Waals surface area contributed by atoms with Crippen LogP contribution in [0.4, 0.5) is 0 Å². The predicted molar refractivity (Wildman–Crippen MR) is 80.0 cm³/mol. The van der Waals surface area contributed by atoms with Crippen LogP contribution in [-0.2, 0) is 6.54 Å². The van der Waals surface area contributed by atoms with Crippen LogP contribution >= 0.6 is 0 Å². The highest BCUT2D eigenvalue weighted by Gasteiger charge is 2.34. The van der Waals surface area contributed by atoms with Crippen molar-refractivity contribution in [1.82, 2.24) is 25.1 Å². The summed E-state index contributed by atoms with van der Waals surface area (Å²) in [7, 11) is 1.65. The summed E-state index contributed by atoms with van der Waals surface area (Å²) in [6.45, 7) is 8.40. The highest BCUT2D eigenvalue weighted by Crippen LogP contribution is 2.36. The van der Waals surface area contributed by atoms with Crippen molar-refractivity contribution < 1.29 is 4.74 Å². The van der Waals surface area contributed by atoms with Crippen molar-refractivity contribution in [2.45, 2.75) is 33.4 Å². The molecule has 1 unspecified atom stereocenters. The van der Waals surface area contributed by atoms with Gasteiger partial charge in [-0.1, -0.05) is 20.8 Å². The van der Waals surface area contributed by atoms with Gasteiger partial charge in [-0.05, 0) is 11.5 Å². The first-order chi connectivity index (χ1) is 10.0. The van der Waals surface area contributed by atoms with Crippen molar-refractivity contribution in [3.8, 4) is 17.1 Å². The van der Waals surface area contributed by atoms with Crippen LogP contribution in [0.25, 0.3) is 11.4 Å². The molecule has 1 atom stereocenters.